The lowest BCUT2D eigenvalue weighted by molar-refractivity contribution is 0.0651. The molecule has 1 fully saturated rings. The summed E-state index contributed by atoms with van der Waals surface area (Å²) in [5, 5.41) is 3.53. The molecule has 1 atom stereocenters. The minimum absolute atomic E-state index is 0.0146. The van der Waals surface area contributed by atoms with Crippen molar-refractivity contribution in [2.75, 3.05) is 7.05 Å². The molecular weight excluding hydrogens is 514 g/mol. The van der Waals surface area contributed by atoms with E-state index in [1.54, 1.807) is 35.0 Å². The molecule has 6 rings (SSSR count). The summed E-state index contributed by atoms with van der Waals surface area (Å²) >= 11 is 6.22. The lowest BCUT2D eigenvalue weighted by atomic mass is 9.89. The SMILES string of the molecule is Cc1ncc2n1C(=O)N(C1CCC(N(C)C(=O)c3ccc4c(c3)C(NC(=O)c3ccccc3Cl)CC4)CC1)C2. The maximum Gasteiger partial charge on any atom is 0.330 e. The van der Waals surface area contributed by atoms with Gasteiger partial charge >= 0.3 is 6.03 Å². The number of aryl methyl sites for hydroxylation is 2. The molecule has 8 nitrogen and oxygen atoms in total. The molecular formula is C30H32ClN5O3. The highest BCUT2D eigenvalue weighted by molar-refractivity contribution is 6.33. The number of fused-ring (bicyclic) bond motifs is 2. The predicted octanol–water partition coefficient (Wildman–Crippen LogP) is 5.13. The van der Waals surface area contributed by atoms with Crippen LogP contribution in [0.15, 0.2) is 48.7 Å². The van der Waals surface area contributed by atoms with Gasteiger partial charge in [0.1, 0.15) is 5.82 Å². The van der Waals surface area contributed by atoms with E-state index in [0.29, 0.717) is 22.7 Å². The Balaban J connectivity index is 1.09. The fourth-order valence-corrected chi connectivity index (χ4v) is 6.63. The van der Waals surface area contributed by atoms with Gasteiger partial charge in [0, 0.05) is 24.7 Å². The summed E-state index contributed by atoms with van der Waals surface area (Å²) < 4.78 is 1.71. The minimum atomic E-state index is -0.209. The van der Waals surface area contributed by atoms with Crippen LogP contribution in [0.1, 0.15) is 81.5 Å². The van der Waals surface area contributed by atoms with E-state index < -0.39 is 0 Å². The summed E-state index contributed by atoms with van der Waals surface area (Å²) in [6.07, 6.45) is 6.87. The maximum atomic E-state index is 13.5. The first-order valence-corrected chi connectivity index (χ1v) is 14.0. The zero-order chi connectivity index (χ0) is 27.3. The molecule has 2 heterocycles. The monoisotopic (exact) mass is 545 g/mol. The fraction of sp³-hybridized carbons (Fsp3) is 0.400. The van der Waals surface area contributed by atoms with E-state index in [2.05, 4.69) is 10.3 Å². The first-order valence-electron chi connectivity index (χ1n) is 13.6. The van der Waals surface area contributed by atoms with Crippen molar-refractivity contribution in [2.24, 2.45) is 0 Å². The third-order valence-electron chi connectivity index (χ3n) is 8.65. The van der Waals surface area contributed by atoms with Gasteiger partial charge in [-0.15, -0.1) is 0 Å². The summed E-state index contributed by atoms with van der Waals surface area (Å²) in [5.41, 5.74) is 4.19. The number of hydrogen-bond donors (Lipinski definition) is 1. The molecule has 0 bridgehead atoms. The standard InChI is InChI=1S/C30H32ClN5O3/c1-18-32-16-23-17-35(30(39)36(18)23)22-12-10-21(11-13-22)34(2)29(38)20-8-7-19-9-14-27(25(19)15-20)33-28(37)24-5-3-4-6-26(24)31/h3-8,15-16,21-22,27H,9-14,17H2,1-2H3,(H,33,37). The van der Waals surface area contributed by atoms with Crippen molar-refractivity contribution in [2.45, 2.75) is 70.1 Å². The Kier molecular flexibility index (Phi) is 6.67. The molecule has 3 amide bonds. The Morgan fingerprint density at radius 1 is 1.08 bits per heavy atom. The smallest absolute Gasteiger partial charge is 0.330 e. The maximum absolute atomic E-state index is 13.5. The topological polar surface area (TPSA) is 87.5 Å². The van der Waals surface area contributed by atoms with Gasteiger partial charge in [-0.1, -0.05) is 29.8 Å². The average Bonchev–Trinajstić information content (AvgIpc) is 3.63. The van der Waals surface area contributed by atoms with Crippen LogP contribution in [0.4, 0.5) is 4.79 Å². The van der Waals surface area contributed by atoms with Crippen LogP contribution in [0, 0.1) is 6.92 Å². The van der Waals surface area contributed by atoms with Gasteiger partial charge in [0.25, 0.3) is 11.8 Å². The van der Waals surface area contributed by atoms with Crippen molar-refractivity contribution in [1.82, 2.24) is 24.7 Å². The molecule has 1 aliphatic heterocycles. The highest BCUT2D eigenvalue weighted by Crippen LogP contribution is 2.34. The lowest BCUT2D eigenvalue weighted by Gasteiger charge is -2.38. The van der Waals surface area contributed by atoms with Crippen molar-refractivity contribution in [3.05, 3.63) is 87.5 Å². The highest BCUT2D eigenvalue weighted by atomic mass is 35.5. The number of aromatic nitrogens is 2. The van der Waals surface area contributed by atoms with E-state index in [0.717, 1.165) is 61.2 Å². The zero-order valence-corrected chi connectivity index (χ0v) is 22.9. The van der Waals surface area contributed by atoms with E-state index in [1.165, 1.54) is 0 Å². The number of nitrogens with zero attached hydrogens (tertiary/aromatic N) is 4. The molecule has 1 N–H and O–H groups in total. The molecule has 2 aromatic carbocycles. The van der Waals surface area contributed by atoms with E-state index in [9.17, 15) is 14.4 Å². The van der Waals surface area contributed by atoms with Gasteiger partial charge in [-0.2, -0.15) is 0 Å². The van der Waals surface area contributed by atoms with Gasteiger partial charge in [0.05, 0.1) is 35.1 Å². The molecule has 2 aliphatic carbocycles. The number of carbonyl (C=O) groups is 3. The van der Waals surface area contributed by atoms with Gasteiger partial charge < -0.3 is 15.1 Å². The normalized spacial score (nSPS) is 22.0. The average molecular weight is 546 g/mol. The number of nitrogens with one attached hydrogen (secondary N) is 1. The zero-order valence-electron chi connectivity index (χ0n) is 22.2. The molecule has 1 unspecified atom stereocenters. The number of benzene rings is 2. The summed E-state index contributed by atoms with van der Waals surface area (Å²) in [7, 11) is 1.87. The van der Waals surface area contributed by atoms with Crippen LogP contribution in [0.5, 0.6) is 0 Å². The summed E-state index contributed by atoms with van der Waals surface area (Å²) in [5.74, 6) is 0.510. The Labute approximate surface area is 232 Å². The largest absolute Gasteiger partial charge is 0.345 e. The van der Waals surface area contributed by atoms with E-state index >= 15 is 0 Å². The van der Waals surface area contributed by atoms with Gasteiger partial charge in [0.15, 0.2) is 0 Å². The molecule has 1 aromatic heterocycles. The Hall–Kier alpha value is -3.65. The van der Waals surface area contributed by atoms with Crippen molar-refractivity contribution in [3.63, 3.8) is 0 Å². The van der Waals surface area contributed by atoms with Crippen LogP contribution in [-0.4, -0.2) is 56.3 Å². The number of halogens is 1. The second-order valence-corrected chi connectivity index (χ2v) is 11.3. The Bertz CT molecular complexity index is 1460. The first kappa shape index (κ1) is 25.6. The van der Waals surface area contributed by atoms with E-state index in [-0.39, 0.29) is 36.0 Å². The minimum Gasteiger partial charge on any atom is -0.345 e. The molecule has 1 saturated carbocycles. The summed E-state index contributed by atoms with van der Waals surface area (Å²) in [6, 6.07) is 13.0. The summed E-state index contributed by atoms with van der Waals surface area (Å²) in [4.78, 5) is 47.4. The van der Waals surface area contributed by atoms with Crippen LogP contribution >= 0.6 is 11.6 Å². The third-order valence-corrected chi connectivity index (χ3v) is 8.98. The number of carbonyl (C=O) groups excluding carboxylic acids is 3. The molecule has 0 radical (unpaired) electrons. The Morgan fingerprint density at radius 2 is 1.85 bits per heavy atom. The molecule has 39 heavy (non-hydrogen) atoms. The van der Waals surface area contributed by atoms with Gasteiger partial charge in [0.2, 0.25) is 0 Å². The second kappa shape index (κ2) is 10.2. The Morgan fingerprint density at radius 3 is 2.59 bits per heavy atom. The van der Waals surface area contributed by atoms with E-state index in [1.807, 2.05) is 42.0 Å². The lowest BCUT2D eigenvalue weighted by Crippen LogP contribution is -2.45. The van der Waals surface area contributed by atoms with Crippen molar-refractivity contribution in [1.29, 1.82) is 0 Å². The summed E-state index contributed by atoms with van der Waals surface area (Å²) in [6.45, 7) is 2.46. The van der Waals surface area contributed by atoms with Crippen LogP contribution < -0.4 is 5.32 Å². The number of hydrogen-bond acceptors (Lipinski definition) is 4. The van der Waals surface area contributed by atoms with Crippen molar-refractivity contribution in [3.8, 4) is 0 Å². The predicted molar refractivity (Wildman–Crippen MR) is 148 cm³/mol. The van der Waals surface area contributed by atoms with Crippen LogP contribution in [0.2, 0.25) is 5.02 Å². The molecule has 0 saturated heterocycles. The first-order chi connectivity index (χ1) is 18.8. The molecule has 9 heteroatoms. The van der Waals surface area contributed by atoms with Crippen LogP contribution in [0.25, 0.3) is 0 Å². The molecule has 3 aliphatic rings. The second-order valence-electron chi connectivity index (χ2n) is 10.9. The highest BCUT2D eigenvalue weighted by Gasteiger charge is 2.37. The third kappa shape index (κ3) is 4.61. The molecule has 3 aromatic rings. The number of imidazole rings is 1. The van der Waals surface area contributed by atoms with Crippen LogP contribution in [0.3, 0.4) is 0 Å². The van der Waals surface area contributed by atoms with Crippen LogP contribution in [-0.2, 0) is 13.0 Å². The molecule has 0 spiro atoms. The fourth-order valence-electron chi connectivity index (χ4n) is 6.41. The van der Waals surface area contributed by atoms with Gasteiger partial charge in [-0.05, 0) is 80.8 Å². The molecule has 202 valence electrons. The number of amides is 3. The van der Waals surface area contributed by atoms with Crippen molar-refractivity contribution >= 4 is 29.4 Å². The number of rotatable bonds is 5. The van der Waals surface area contributed by atoms with Gasteiger partial charge in [-0.3, -0.25) is 14.2 Å². The van der Waals surface area contributed by atoms with Crippen molar-refractivity contribution < 1.29 is 14.4 Å². The van der Waals surface area contributed by atoms with E-state index in [4.69, 9.17) is 11.6 Å². The van der Waals surface area contributed by atoms with Gasteiger partial charge in [-0.25, -0.2) is 9.78 Å². The quantitative estimate of drug-likeness (QED) is 0.481.